The highest BCUT2D eigenvalue weighted by atomic mass is 16.5. The van der Waals surface area contributed by atoms with Crippen LogP contribution in [-0.4, -0.2) is 12.6 Å². The summed E-state index contributed by atoms with van der Waals surface area (Å²) in [7, 11) is 0. The maximum atomic E-state index is 10.8. The lowest BCUT2D eigenvalue weighted by Crippen LogP contribution is -2.01. The molecule has 0 unspecified atom stereocenters. The molecule has 0 aliphatic heterocycles. The molecular weight excluding hydrogens is 332 g/mol. The van der Waals surface area contributed by atoms with Crippen molar-refractivity contribution in [1.82, 2.24) is 0 Å². The maximum Gasteiger partial charge on any atom is 0.330 e. The van der Waals surface area contributed by atoms with Crippen LogP contribution in [0.2, 0.25) is 0 Å². The average Bonchev–Trinajstić information content (AvgIpc) is 2.63. The Labute approximate surface area is 171 Å². The first-order chi connectivity index (χ1) is 13.0. The first kappa shape index (κ1) is 28.4. The van der Waals surface area contributed by atoms with Gasteiger partial charge in [-0.15, -0.1) is 0 Å². The van der Waals surface area contributed by atoms with Crippen LogP contribution in [0.3, 0.4) is 0 Å². The van der Waals surface area contributed by atoms with Gasteiger partial charge in [0.1, 0.15) is 0 Å². The van der Waals surface area contributed by atoms with Crippen LogP contribution in [0, 0.1) is 5.92 Å². The van der Waals surface area contributed by atoms with Crippen LogP contribution in [0.5, 0.6) is 0 Å². The quantitative estimate of drug-likeness (QED) is 0.135. The molecule has 0 bridgehead atoms. The summed E-state index contributed by atoms with van der Waals surface area (Å²) >= 11 is 0. The van der Waals surface area contributed by atoms with E-state index in [4.69, 9.17) is 4.74 Å². The fourth-order valence-corrected chi connectivity index (χ4v) is 2.88. The normalized spacial score (nSPS) is 10.4. The van der Waals surface area contributed by atoms with Gasteiger partial charge in [-0.25, -0.2) is 4.79 Å². The van der Waals surface area contributed by atoms with Crippen LogP contribution in [-0.2, 0) is 9.53 Å². The largest absolute Gasteiger partial charge is 0.463 e. The third-order valence-electron chi connectivity index (χ3n) is 4.41. The zero-order valence-corrected chi connectivity index (χ0v) is 19.2. The molecule has 0 aromatic heterocycles. The third kappa shape index (κ3) is 33.2. The van der Waals surface area contributed by atoms with Gasteiger partial charge in [0, 0.05) is 6.08 Å². The molecule has 0 aromatic carbocycles. The van der Waals surface area contributed by atoms with E-state index in [0.29, 0.717) is 6.61 Å². The van der Waals surface area contributed by atoms with E-state index in [9.17, 15) is 4.79 Å². The van der Waals surface area contributed by atoms with Crippen molar-refractivity contribution >= 4 is 5.97 Å². The van der Waals surface area contributed by atoms with E-state index < -0.39 is 0 Å². The minimum absolute atomic E-state index is 0.300. The Morgan fingerprint density at radius 1 is 0.704 bits per heavy atom. The molecule has 0 N–H and O–H groups in total. The third-order valence-corrected chi connectivity index (χ3v) is 4.41. The van der Waals surface area contributed by atoms with Crippen molar-refractivity contribution in [3.8, 4) is 0 Å². The molecule has 0 aliphatic rings. The van der Waals surface area contributed by atoms with E-state index in [0.717, 1.165) is 12.3 Å². The minimum Gasteiger partial charge on any atom is -0.463 e. The van der Waals surface area contributed by atoms with Gasteiger partial charge >= 0.3 is 5.97 Å². The van der Waals surface area contributed by atoms with Crippen molar-refractivity contribution in [2.75, 3.05) is 6.61 Å². The Morgan fingerprint density at radius 3 is 1.30 bits per heavy atom. The van der Waals surface area contributed by atoms with E-state index >= 15 is 0 Å². The fraction of sp³-hybridized carbons (Fsp3) is 0.880. The smallest absolute Gasteiger partial charge is 0.330 e. The lowest BCUT2D eigenvalue weighted by atomic mass is 10.0. The van der Waals surface area contributed by atoms with Crippen molar-refractivity contribution in [3.63, 3.8) is 0 Å². The topological polar surface area (TPSA) is 26.3 Å². The molecule has 0 amide bonds. The lowest BCUT2D eigenvalue weighted by molar-refractivity contribution is -0.137. The number of hydrogen-bond donors (Lipinski definition) is 0. The van der Waals surface area contributed by atoms with Gasteiger partial charge in [0.2, 0.25) is 0 Å². The molecule has 0 saturated carbocycles. The molecule has 0 saturated heterocycles. The van der Waals surface area contributed by atoms with Crippen LogP contribution in [0.15, 0.2) is 12.7 Å². The Hall–Kier alpha value is -0.790. The Balaban J connectivity index is 0. The van der Waals surface area contributed by atoms with Crippen molar-refractivity contribution in [3.05, 3.63) is 12.7 Å². The van der Waals surface area contributed by atoms with E-state index in [1.165, 1.54) is 102 Å². The van der Waals surface area contributed by atoms with Gasteiger partial charge in [0.05, 0.1) is 6.61 Å². The number of esters is 1. The molecular formula is C25H50O2. The minimum atomic E-state index is -0.300. The Bertz CT molecular complexity index is 294. The van der Waals surface area contributed by atoms with Gasteiger partial charge in [-0.05, 0) is 12.3 Å². The second-order valence-electron chi connectivity index (χ2n) is 8.41. The van der Waals surface area contributed by atoms with E-state index in [1.807, 2.05) is 0 Å². The van der Waals surface area contributed by atoms with E-state index in [2.05, 4.69) is 34.3 Å². The summed E-state index contributed by atoms with van der Waals surface area (Å²) in [6.45, 7) is 12.7. The zero-order chi connectivity index (χ0) is 20.6. The second-order valence-corrected chi connectivity index (χ2v) is 8.41. The van der Waals surface area contributed by atoms with Crippen LogP contribution in [0.4, 0.5) is 0 Å². The summed E-state index contributed by atoms with van der Waals surface area (Å²) in [5.74, 6) is 0.533. The van der Waals surface area contributed by atoms with E-state index in [1.54, 1.807) is 0 Å². The lowest BCUT2D eigenvalue weighted by Gasteiger charge is -2.04. The predicted molar refractivity (Wildman–Crippen MR) is 121 cm³/mol. The summed E-state index contributed by atoms with van der Waals surface area (Å²) in [6.07, 6.45) is 23.0. The summed E-state index contributed by atoms with van der Waals surface area (Å²) in [5.41, 5.74) is 0. The van der Waals surface area contributed by atoms with Crippen LogP contribution < -0.4 is 0 Å². The number of ether oxygens (including phenoxy) is 1. The molecule has 0 radical (unpaired) electrons. The fourth-order valence-electron chi connectivity index (χ4n) is 2.88. The molecule has 27 heavy (non-hydrogen) atoms. The SMILES string of the molecule is C=CC(=O)OCCCCCCCCCCCCCCCCCC.CC(C)C. The van der Waals surface area contributed by atoms with E-state index in [-0.39, 0.29) is 5.97 Å². The van der Waals surface area contributed by atoms with Gasteiger partial charge in [0.15, 0.2) is 0 Å². The average molecular weight is 383 g/mol. The maximum absolute atomic E-state index is 10.8. The zero-order valence-electron chi connectivity index (χ0n) is 19.2. The molecule has 0 spiro atoms. The Kier molecular flexibility index (Phi) is 26.5. The first-order valence-corrected chi connectivity index (χ1v) is 11.8. The summed E-state index contributed by atoms with van der Waals surface area (Å²) in [5, 5.41) is 0. The highest BCUT2D eigenvalue weighted by Gasteiger charge is 1.96. The molecule has 0 aromatic rings. The van der Waals surface area contributed by atoms with Crippen molar-refractivity contribution in [2.24, 2.45) is 5.92 Å². The molecule has 162 valence electrons. The van der Waals surface area contributed by atoms with Gasteiger partial charge in [-0.1, -0.05) is 131 Å². The summed E-state index contributed by atoms with van der Waals surface area (Å²) in [4.78, 5) is 10.8. The van der Waals surface area contributed by atoms with Gasteiger partial charge in [-0.2, -0.15) is 0 Å². The van der Waals surface area contributed by atoms with Gasteiger partial charge in [-0.3, -0.25) is 0 Å². The number of carbonyl (C=O) groups is 1. The van der Waals surface area contributed by atoms with Gasteiger partial charge in [0.25, 0.3) is 0 Å². The number of unbranched alkanes of at least 4 members (excludes halogenated alkanes) is 15. The van der Waals surface area contributed by atoms with Crippen molar-refractivity contribution in [2.45, 2.75) is 130 Å². The highest BCUT2D eigenvalue weighted by molar-refractivity contribution is 5.81. The van der Waals surface area contributed by atoms with Crippen LogP contribution in [0.25, 0.3) is 0 Å². The molecule has 2 nitrogen and oxygen atoms in total. The van der Waals surface area contributed by atoms with Crippen molar-refractivity contribution in [1.29, 1.82) is 0 Å². The number of hydrogen-bond acceptors (Lipinski definition) is 2. The summed E-state index contributed by atoms with van der Waals surface area (Å²) < 4.78 is 4.95. The predicted octanol–water partition coefficient (Wildman–Crippen LogP) is 8.64. The van der Waals surface area contributed by atoms with Crippen molar-refractivity contribution < 1.29 is 9.53 Å². The number of carbonyl (C=O) groups excluding carboxylic acids is 1. The second kappa shape index (κ2) is 25.2. The molecule has 0 heterocycles. The van der Waals surface area contributed by atoms with Crippen LogP contribution >= 0.6 is 0 Å². The summed E-state index contributed by atoms with van der Waals surface area (Å²) in [6, 6.07) is 0. The molecule has 0 atom stereocenters. The molecule has 0 aliphatic carbocycles. The first-order valence-electron chi connectivity index (χ1n) is 11.8. The molecule has 2 heteroatoms. The van der Waals surface area contributed by atoms with Gasteiger partial charge < -0.3 is 4.74 Å². The molecule has 0 fully saturated rings. The molecule has 0 rings (SSSR count). The number of rotatable bonds is 18. The van der Waals surface area contributed by atoms with Crippen LogP contribution in [0.1, 0.15) is 130 Å². The monoisotopic (exact) mass is 382 g/mol. The highest BCUT2D eigenvalue weighted by Crippen LogP contribution is 2.13. The Morgan fingerprint density at radius 2 is 1.00 bits per heavy atom. The standard InChI is InChI=1S/C21H40O2.C4H10/c1-3-5-6-7-8-9-10-11-12-13-14-15-16-17-18-19-20-23-21(22)4-2;1-4(2)3/h4H,2-3,5-20H2,1H3;4H,1-3H3.